The van der Waals surface area contributed by atoms with Gasteiger partial charge in [-0.15, -0.1) is 11.3 Å². The lowest BCUT2D eigenvalue weighted by Gasteiger charge is -2.07. The molecule has 2 N–H and O–H groups in total. The van der Waals surface area contributed by atoms with Gasteiger partial charge in [-0.3, -0.25) is 9.52 Å². The minimum atomic E-state index is -3.61. The zero-order valence-corrected chi connectivity index (χ0v) is 15.3. The number of hydrogen-bond acceptors (Lipinski definition) is 6. The van der Waals surface area contributed by atoms with E-state index in [2.05, 4.69) is 15.2 Å². The van der Waals surface area contributed by atoms with Crippen LogP contribution in [0.25, 0.3) is 0 Å². The van der Waals surface area contributed by atoms with Gasteiger partial charge < -0.3 is 4.42 Å². The van der Waals surface area contributed by atoms with Gasteiger partial charge in [0.2, 0.25) is 0 Å². The molecular formula is C17H15N3O4S2. The van der Waals surface area contributed by atoms with Gasteiger partial charge in [0.25, 0.3) is 15.9 Å². The molecule has 0 radical (unpaired) electrons. The predicted octanol–water partition coefficient (Wildman–Crippen LogP) is 3.30. The van der Waals surface area contributed by atoms with E-state index in [1.165, 1.54) is 36.6 Å². The summed E-state index contributed by atoms with van der Waals surface area (Å²) < 4.78 is 32.2. The van der Waals surface area contributed by atoms with Crippen molar-refractivity contribution in [3.8, 4) is 0 Å². The quantitative estimate of drug-likeness (QED) is 0.499. The second kappa shape index (κ2) is 7.54. The first-order valence-electron chi connectivity index (χ1n) is 7.50. The smallest absolute Gasteiger partial charge is 0.271 e. The molecule has 2 aromatic heterocycles. The molecule has 0 atom stereocenters. The summed E-state index contributed by atoms with van der Waals surface area (Å²) in [6.07, 6.45) is 1.52. The third-order valence-corrected chi connectivity index (χ3v) is 6.14. The first-order valence-corrected chi connectivity index (χ1v) is 9.87. The van der Waals surface area contributed by atoms with Gasteiger partial charge in [-0.25, -0.2) is 13.8 Å². The molecule has 0 saturated carbocycles. The summed E-state index contributed by atoms with van der Waals surface area (Å²) in [6.45, 7) is 1.71. The maximum atomic E-state index is 12.2. The SMILES string of the molecule is C/C(=N/NC(=O)c1ccc(NS(=O)(=O)c2cccs2)cc1)c1ccco1. The number of carbonyl (C=O) groups excluding carboxylic acids is 1. The summed E-state index contributed by atoms with van der Waals surface area (Å²) in [7, 11) is -3.61. The van der Waals surface area contributed by atoms with Gasteiger partial charge in [-0.2, -0.15) is 5.10 Å². The van der Waals surface area contributed by atoms with Gasteiger partial charge in [0.15, 0.2) is 0 Å². The van der Waals surface area contributed by atoms with Crippen molar-refractivity contribution in [1.82, 2.24) is 5.43 Å². The van der Waals surface area contributed by atoms with E-state index in [9.17, 15) is 13.2 Å². The Morgan fingerprint density at radius 1 is 1.12 bits per heavy atom. The fourth-order valence-electron chi connectivity index (χ4n) is 2.05. The van der Waals surface area contributed by atoms with Crippen molar-refractivity contribution < 1.29 is 17.6 Å². The number of nitrogens with zero attached hydrogens (tertiary/aromatic N) is 1. The van der Waals surface area contributed by atoms with Gasteiger partial charge >= 0.3 is 0 Å². The number of hydrogen-bond donors (Lipinski definition) is 2. The molecule has 7 nitrogen and oxygen atoms in total. The summed E-state index contributed by atoms with van der Waals surface area (Å²) in [5, 5.41) is 5.66. The third kappa shape index (κ3) is 4.19. The van der Waals surface area contributed by atoms with E-state index in [-0.39, 0.29) is 4.21 Å². The molecule has 1 amide bonds. The largest absolute Gasteiger partial charge is 0.463 e. The van der Waals surface area contributed by atoms with Crippen molar-refractivity contribution in [2.75, 3.05) is 4.72 Å². The Hall–Kier alpha value is -2.91. The van der Waals surface area contributed by atoms with Gasteiger partial charge in [0, 0.05) is 11.3 Å². The zero-order chi connectivity index (χ0) is 18.6. The van der Waals surface area contributed by atoms with Crippen LogP contribution in [-0.4, -0.2) is 20.0 Å². The number of nitrogens with one attached hydrogen (secondary N) is 2. The summed E-state index contributed by atoms with van der Waals surface area (Å²) >= 11 is 1.13. The molecule has 9 heteroatoms. The molecule has 0 spiro atoms. The van der Waals surface area contributed by atoms with Crippen LogP contribution in [0.15, 0.2) is 73.9 Å². The Morgan fingerprint density at radius 2 is 1.88 bits per heavy atom. The lowest BCUT2D eigenvalue weighted by Crippen LogP contribution is -2.19. The summed E-state index contributed by atoms with van der Waals surface area (Å²) in [6, 6.07) is 12.7. The van der Waals surface area contributed by atoms with Crippen molar-refractivity contribution in [3.05, 3.63) is 71.5 Å². The second-order valence-corrected chi connectivity index (χ2v) is 8.09. The van der Waals surface area contributed by atoms with Crippen LogP contribution in [0, 0.1) is 0 Å². The van der Waals surface area contributed by atoms with Crippen LogP contribution in [0.5, 0.6) is 0 Å². The fourth-order valence-corrected chi connectivity index (χ4v) is 4.10. The molecule has 0 unspecified atom stereocenters. The topological polar surface area (TPSA) is 101 Å². The van der Waals surface area contributed by atoms with Crippen LogP contribution in [0.4, 0.5) is 5.69 Å². The number of hydrazone groups is 1. The molecule has 26 heavy (non-hydrogen) atoms. The molecule has 134 valence electrons. The van der Waals surface area contributed by atoms with Gasteiger partial charge in [-0.05, 0) is 54.8 Å². The molecule has 0 aliphatic heterocycles. The standard InChI is InChI=1S/C17H15N3O4S2/c1-12(15-4-2-10-24-15)18-19-17(21)13-6-8-14(9-7-13)20-26(22,23)16-5-3-11-25-16/h2-11,20H,1H3,(H,19,21)/b18-12-. The molecule has 3 aromatic rings. The Bertz CT molecular complexity index is 1010. The van der Waals surface area contributed by atoms with Gasteiger partial charge in [0.1, 0.15) is 15.7 Å². The van der Waals surface area contributed by atoms with Crippen LogP contribution < -0.4 is 10.1 Å². The van der Waals surface area contributed by atoms with Crippen molar-refractivity contribution in [2.24, 2.45) is 5.10 Å². The lowest BCUT2D eigenvalue weighted by molar-refractivity contribution is 0.0955. The minimum Gasteiger partial charge on any atom is -0.463 e. The Balaban J connectivity index is 1.66. The van der Waals surface area contributed by atoms with Crippen LogP contribution >= 0.6 is 11.3 Å². The van der Waals surface area contributed by atoms with Crippen LogP contribution in [-0.2, 0) is 10.0 Å². The maximum absolute atomic E-state index is 12.2. The number of furan rings is 1. The molecule has 0 aliphatic rings. The van der Waals surface area contributed by atoms with Crippen LogP contribution in [0.1, 0.15) is 23.0 Å². The Morgan fingerprint density at radius 3 is 2.50 bits per heavy atom. The summed E-state index contributed by atoms with van der Waals surface area (Å²) in [5.74, 6) is 0.146. The van der Waals surface area contributed by atoms with Gasteiger partial charge in [-0.1, -0.05) is 6.07 Å². The minimum absolute atomic E-state index is 0.224. The molecule has 0 saturated heterocycles. The second-order valence-electron chi connectivity index (χ2n) is 5.23. The molecule has 0 fully saturated rings. The molecule has 1 aromatic carbocycles. The number of benzene rings is 1. The number of anilines is 1. The molecule has 3 rings (SSSR count). The lowest BCUT2D eigenvalue weighted by atomic mass is 10.2. The Labute approximate surface area is 154 Å². The average molecular weight is 389 g/mol. The van der Waals surface area contributed by atoms with E-state index in [4.69, 9.17) is 4.42 Å². The van der Waals surface area contributed by atoms with E-state index in [0.29, 0.717) is 22.7 Å². The van der Waals surface area contributed by atoms with Crippen molar-refractivity contribution in [2.45, 2.75) is 11.1 Å². The van der Waals surface area contributed by atoms with Crippen molar-refractivity contribution >= 4 is 38.7 Å². The van der Waals surface area contributed by atoms with Crippen molar-refractivity contribution in [1.29, 1.82) is 0 Å². The molecule has 0 bridgehead atoms. The molecular weight excluding hydrogens is 374 g/mol. The first kappa shape index (κ1) is 17.9. The third-order valence-electron chi connectivity index (χ3n) is 3.36. The van der Waals surface area contributed by atoms with E-state index >= 15 is 0 Å². The average Bonchev–Trinajstić information content (AvgIpc) is 3.33. The monoisotopic (exact) mass is 389 g/mol. The highest BCUT2D eigenvalue weighted by atomic mass is 32.2. The number of thiophene rings is 1. The summed E-state index contributed by atoms with van der Waals surface area (Å²) in [4.78, 5) is 12.1. The highest BCUT2D eigenvalue weighted by Crippen LogP contribution is 2.20. The maximum Gasteiger partial charge on any atom is 0.271 e. The van der Waals surface area contributed by atoms with E-state index in [1.807, 2.05) is 0 Å². The summed E-state index contributed by atoms with van der Waals surface area (Å²) in [5.41, 5.74) is 3.67. The van der Waals surface area contributed by atoms with E-state index in [0.717, 1.165) is 11.3 Å². The Kier molecular flexibility index (Phi) is 5.19. The number of carbonyl (C=O) groups is 1. The predicted molar refractivity (Wildman–Crippen MR) is 100.0 cm³/mol. The van der Waals surface area contributed by atoms with Gasteiger partial charge in [0.05, 0.1) is 6.26 Å². The molecule has 2 heterocycles. The normalized spacial score (nSPS) is 12.0. The fraction of sp³-hybridized carbons (Fsp3) is 0.0588. The van der Waals surface area contributed by atoms with Crippen LogP contribution in [0.3, 0.4) is 0 Å². The number of rotatable bonds is 6. The first-order chi connectivity index (χ1) is 12.5. The molecule has 0 aliphatic carbocycles. The van der Waals surface area contributed by atoms with E-state index in [1.54, 1.807) is 30.5 Å². The van der Waals surface area contributed by atoms with Crippen LogP contribution in [0.2, 0.25) is 0 Å². The highest BCUT2D eigenvalue weighted by Gasteiger charge is 2.15. The highest BCUT2D eigenvalue weighted by molar-refractivity contribution is 7.94. The zero-order valence-electron chi connectivity index (χ0n) is 13.7. The van der Waals surface area contributed by atoms with Crippen molar-refractivity contribution in [3.63, 3.8) is 0 Å². The number of amides is 1. The number of sulfonamides is 1. The van der Waals surface area contributed by atoms with E-state index < -0.39 is 15.9 Å².